The van der Waals surface area contributed by atoms with Gasteiger partial charge in [0.05, 0.1) is 4.88 Å². The van der Waals surface area contributed by atoms with Gasteiger partial charge in [0.25, 0.3) is 0 Å². The zero-order valence-corrected chi connectivity index (χ0v) is 22.2. The summed E-state index contributed by atoms with van der Waals surface area (Å²) in [5.74, 6) is -2.73. The smallest absolute Gasteiger partial charge is 0.349 e. The Balaban J connectivity index is 1.62. The second kappa shape index (κ2) is 12.3. The van der Waals surface area contributed by atoms with Crippen molar-refractivity contribution in [1.29, 1.82) is 0 Å². The molecule has 0 bridgehead atoms. The van der Waals surface area contributed by atoms with E-state index < -0.39 is 24.6 Å². The Morgan fingerprint density at radius 3 is 2.50 bits per heavy atom. The molecule has 1 atom stereocenters. The number of piperidine rings is 1. The third-order valence-corrected chi connectivity index (χ3v) is 7.89. The SMILES string of the molecule is Cc1cccc(NC(=O)C(Nc2cccc(-c3sc(C(=O)O)c(OCC(=O)O)c3Cl)c2)C2CCNCC2)c1. The predicted octanol–water partition coefficient (Wildman–Crippen LogP) is 4.96. The summed E-state index contributed by atoms with van der Waals surface area (Å²) in [6, 6.07) is 14.3. The molecule has 11 heteroatoms. The number of carboxylic acid groups (broad SMARTS) is 2. The number of thiophene rings is 1. The first kappa shape index (κ1) is 27.4. The Labute approximate surface area is 228 Å². The molecule has 1 aromatic heterocycles. The quantitative estimate of drug-likeness (QED) is 0.236. The molecule has 1 aliphatic rings. The molecule has 38 heavy (non-hydrogen) atoms. The number of anilines is 2. The fourth-order valence-electron chi connectivity index (χ4n) is 4.43. The van der Waals surface area contributed by atoms with Crippen molar-refractivity contribution in [2.24, 2.45) is 5.92 Å². The average molecular weight is 558 g/mol. The first-order valence-electron chi connectivity index (χ1n) is 12.1. The van der Waals surface area contributed by atoms with Gasteiger partial charge in [0, 0.05) is 11.4 Å². The summed E-state index contributed by atoms with van der Waals surface area (Å²) in [7, 11) is 0. The molecule has 200 valence electrons. The molecule has 1 unspecified atom stereocenters. The zero-order valence-electron chi connectivity index (χ0n) is 20.6. The number of ether oxygens (including phenoxy) is 1. The van der Waals surface area contributed by atoms with E-state index in [1.807, 2.05) is 37.3 Å². The molecule has 1 aliphatic heterocycles. The van der Waals surface area contributed by atoms with Gasteiger partial charge in [-0.2, -0.15) is 0 Å². The Bertz CT molecular complexity index is 1340. The monoisotopic (exact) mass is 557 g/mol. The maximum absolute atomic E-state index is 13.4. The molecule has 2 heterocycles. The Kier molecular flexibility index (Phi) is 8.88. The third-order valence-electron chi connectivity index (χ3n) is 6.21. The summed E-state index contributed by atoms with van der Waals surface area (Å²) in [5, 5.41) is 28.3. The van der Waals surface area contributed by atoms with Crippen LogP contribution in [0.1, 0.15) is 28.1 Å². The lowest BCUT2D eigenvalue weighted by atomic mass is 9.89. The molecule has 2 aromatic carbocycles. The highest BCUT2D eigenvalue weighted by molar-refractivity contribution is 7.18. The van der Waals surface area contributed by atoms with Crippen LogP contribution in [0.2, 0.25) is 5.02 Å². The summed E-state index contributed by atoms with van der Waals surface area (Å²) in [6.45, 7) is 2.89. The maximum atomic E-state index is 13.4. The van der Waals surface area contributed by atoms with Gasteiger partial charge in [-0.1, -0.05) is 35.9 Å². The molecule has 0 aliphatic carbocycles. The van der Waals surface area contributed by atoms with Crippen LogP contribution < -0.4 is 20.7 Å². The standard InChI is InChI=1S/C27H28ClN3O6S/c1-15-4-2-6-18(12-15)31-26(34)22(16-8-10-29-11-9-16)30-19-7-3-5-17(13-19)24-21(28)23(37-14-20(32)33)25(38-24)27(35)36/h2-7,12-13,16,22,29-30H,8-11,14H2,1H3,(H,31,34)(H,32,33)(H,35,36). The number of hydrogen-bond acceptors (Lipinski definition) is 7. The van der Waals surface area contributed by atoms with Gasteiger partial charge in [0.1, 0.15) is 11.1 Å². The number of carbonyl (C=O) groups excluding carboxylic acids is 1. The number of hydrogen-bond donors (Lipinski definition) is 5. The zero-order chi connectivity index (χ0) is 27.2. The van der Waals surface area contributed by atoms with Gasteiger partial charge >= 0.3 is 11.9 Å². The number of halogens is 1. The second-order valence-corrected chi connectivity index (χ2v) is 10.4. The number of rotatable bonds is 10. The van der Waals surface area contributed by atoms with Gasteiger partial charge in [-0.3, -0.25) is 4.79 Å². The number of nitrogens with one attached hydrogen (secondary N) is 3. The Hall–Kier alpha value is -3.60. The van der Waals surface area contributed by atoms with Gasteiger partial charge in [0.15, 0.2) is 17.2 Å². The number of aliphatic carboxylic acids is 1. The van der Waals surface area contributed by atoms with Crippen LogP contribution in [0.25, 0.3) is 10.4 Å². The van der Waals surface area contributed by atoms with Gasteiger partial charge in [-0.25, -0.2) is 9.59 Å². The summed E-state index contributed by atoms with van der Waals surface area (Å²) in [6.07, 6.45) is 1.67. The molecule has 9 nitrogen and oxygen atoms in total. The summed E-state index contributed by atoms with van der Waals surface area (Å²) < 4.78 is 5.19. The molecule has 1 amide bonds. The Morgan fingerprint density at radius 1 is 1.11 bits per heavy atom. The van der Waals surface area contributed by atoms with Gasteiger partial charge < -0.3 is 30.9 Å². The molecule has 0 saturated carbocycles. The van der Waals surface area contributed by atoms with Crippen molar-refractivity contribution in [3.8, 4) is 16.2 Å². The number of amides is 1. The molecular formula is C27H28ClN3O6S. The molecule has 1 saturated heterocycles. The summed E-state index contributed by atoms with van der Waals surface area (Å²) in [5.41, 5.74) is 3.05. The van der Waals surface area contributed by atoms with Crippen LogP contribution in [0, 0.1) is 12.8 Å². The maximum Gasteiger partial charge on any atom is 0.349 e. The van der Waals surface area contributed by atoms with Crippen molar-refractivity contribution in [3.05, 3.63) is 64.0 Å². The van der Waals surface area contributed by atoms with E-state index in [2.05, 4.69) is 16.0 Å². The number of benzene rings is 2. The van der Waals surface area contributed by atoms with E-state index in [1.165, 1.54) is 0 Å². The average Bonchev–Trinajstić information content (AvgIpc) is 3.23. The molecule has 0 spiro atoms. The van der Waals surface area contributed by atoms with Crippen molar-refractivity contribution < 1.29 is 29.3 Å². The molecule has 3 aromatic rings. The fraction of sp³-hybridized carbons (Fsp3) is 0.296. The van der Waals surface area contributed by atoms with Crippen LogP contribution in [0.4, 0.5) is 11.4 Å². The minimum absolute atomic E-state index is 0.0258. The first-order valence-corrected chi connectivity index (χ1v) is 13.3. The van der Waals surface area contributed by atoms with Crippen molar-refractivity contribution in [2.75, 3.05) is 30.3 Å². The van der Waals surface area contributed by atoms with Gasteiger partial charge in [-0.15, -0.1) is 11.3 Å². The number of aryl methyl sites for hydroxylation is 1. The van der Waals surface area contributed by atoms with Crippen LogP contribution in [-0.4, -0.2) is 53.8 Å². The highest BCUT2D eigenvalue weighted by Gasteiger charge is 2.30. The van der Waals surface area contributed by atoms with E-state index in [0.29, 0.717) is 16.1 Å². The normalized spacial score (nSPS) is 14.5. The minimum atomic E-state index is -1.27. The lowest BCUT2D eigenvalue weighted by molar-refractivity contribution is -0.139. The van der Waals surface area contributed by atoms with Crippen molar-refractivity contribution >= 4 is 52.2 Å². The fourth-order valence-corrected chi connectivity index (χ4v) is 5.84. The van der Waals surface area contributed by atoms with E-state index in [0.717, 1.165) is 48.5 Å². The number of aromatic carboxylic acids is 1. The van der Waals surface area contributed by atoms with E-state index in [-0.39, 0.29) is 27.5 Å². The lowest BCUT2D eigenvalue weighted by Crippen LogP contribution is -2.45. The van der Waals surface area contributed by atoms with Gasteiger partial charge in [-0.05, 0) is 74.2 Å². The largest absolute Gasteiger partial charge is 0.479 e. The molecule has 4 rings (SSSR count). The molecule has 0 radical (unpaired) electrons. The van der Waals surface area contributed by atoms with E-state index in [9.17, 15) is 19.5 Å². The van der Waals surface area contributed by atoms with Crippen LogP contribution >= 0.6 is 22.9 Å². The van der Waals surface area contributed by atoms with Crippen LogP contribution in [0.5, 0.6) is 5.75 Å². The van der Waals surface area contributed by atoms with Crippen molar-refractivity contribution in [3.63, 3.8) is 0 Å². The number of carbonyl (C=O) groups is 3. The van der Waals surface area contributed by atoms with Crippen LogP contribution in [-0.2, 0) is 9.59 Å². The highest BCUT2D eigenvalue weighted by Crippen LogP contribution is 2.46. The predicted molar refractivity (Wildman–Crippen MR) is 148 cm³/mol. The second-order valence-electron chi connectivity index (χ2n) is 9.04. The van der Waals surface area contributed by atoms with Gasteiger partial charge in [0.2, 0.25) is 5.91 Å². The first-order chi connectivity index (χ1) is 18.2. The van der Waals surface area contributed by atoms with Crippen molar-refractivity contribution in [1.82, 2.24) is 5.32 Å². The van der Waals surface area contributed by atoms with E-state index >= 15 is 0 Å². The minimum Gasteiger partial charge on any atom is -0.479 e. The molecule has 1 fully saturated rings. The topological polar surface area (TPSA) is 137 Å². The van der Waals surface area contributed by atoms with E-state index in [1.54, 1.807) is 18.2 Å². The third kappa shape index (κ3) is 6.63. The Morgan fingerprint density at radius 2 is 1.82 bits per heavy atom. The van der Waals surface area contributed by atoms with Crippen LogP contribution in [0.15, 0.2) is 48.5 Å². The van der Waals surface area contributed by atoms with Crippen LogP contribution in [0.3, 0.4) is 0 Å². The van der Waals surface area contributed by atoms with E-state index in [4.69, 9.17) is 21.4 Å². The molecule has 5 N–H and O–H groups in total. The summed E-state index contributed by atoms with van der Waals surface area (Å²) >= 11 is 7.36. The summed E-state index contributed by atoms with van der Waals surface area (Å²) in [4.78, 5) is 36.4. The lowest BCUT2D eigenvalue weighted by Gasteiger charge is -2.31. The molecular weight excluding hydrogens is 530 g/mol. The number of carboxylic acids is 2. The van der Waals surface area contributed by atoms with Crippen molar-refractivity contribution in [2.45, 2.75) is 25.8 Å². The highest BCUT2D eigenvalue weighted by atomic mass is 35.5.